The van der Waals surface area contributed by atoms with Crippen LogP contribution in [0.2, 0.25) is 5.02 Å². The summed E-state index contributed by atoms with van der Waals surface area (Å²) >= 11 is 6.07. The number of aromatic carboxylic acids is 1. The topological polar surface area (TPSA) is 72.3 Å². The minimum atomic E-state index is -1.15. The first kappa shape index (κ1) is 13.3. The van der Waals surface area contributed by atoms with Gasteiger partial charge in [-0.25, -0.2) is 9.78 Å². The third-order valence-corrected chi connectivity index (χ3v) is 3.04. The lowest BCUT2D eigenvalue weighted by Gasteiger charge is -2.11. The quantitative estimate of drug-likeness (QED) is 0.934. The molecule has 1 aromatic carbocycles. The number of aryl methyl sites for hydroxylation is 1. The second-order valence-electron chi connectivity index (χ2n) is 3.86. The van der Waals surface area contributed by atoms with Gasteiger partial charge in [-0.2, -0.15) is 0 Å². The molecule has 0 aliphatic carbocycles. The van der Waals surface area contributed by atoms with Gasteiger partial charge in [-0.3, -0.25) is 4.98 Å². The van der Waals surface area contributed by atoms with E-state index in [9.17, 15) is 4.79 Å². The lowest BCUT2D eigenvalue weighted by molar-refractivity contribution is 0.0691. The SMILES string of the molecule is COc1cc(C)c(Cl)cc1-c1nccnc1C(=O)O. The summed E-state index contributed by atoms with van der Waals surface area (Å²) in [5, 5.41) is 9.65. The smallest absolute Gasteiger partial charge is 0.356 e. The van der Waals surface area contributed by atoms with Crippen LogP contribution in [-0.4, -0.2) is 28.2 Å². The van der Waals surface area contributed by atoms with Crippen molar-refractivity contribution in [3.63, 3.8) is 0 Å². The van der Waals surface area contributed by atoms with Gasteiger partial charge in [-0.15, -0.1) is 0 Å². The van der Waals surface area contributed by atoms with E-state index in [0.717, 1.165) is 5.56 Å². The zero-order valence-corrected chi connectivity index (χ0v) is 11.1. The molecule has 0 aliphatic heterocycles. The fourth-order valence-corrected chi connectivity index (χ4v) is 1.86. The zero-order valence-electron chi connectivity index (χ0n) is 10.3. The molecule has 0 atom stereocenters. The van der Waals surface area contributed by atoms with Crippen LogP contribution in [0, 0.1) is 6.92 Å². The van der Waals surface area contributed by atoms with Crippen molar-refractivity contribution < 1.29 is 14.6 Å². The number of carbonyl (C=O) groups is 1. The summed E-state index contributed by atoms with van der Waals surface area (Å²) in [6.07, 6.45) is 2.75. The molecule has 0 radical (unpaired) electrons. The van der Waals surface area contributed by atoms with Crippen LogP contribution in [0.5, 0.6) is 5.75 Å². The molecule has 5 nitrogen and oxygen atoms in total. The molecular formula is C13H11ClN2O3. The van der Waals surface area contributed by atoms with Gasteiger partial charge < -0.3 is 9.84 Å². The van der Waals surface area contributed by atoms with E-state index in [0.29, 0.717) is 16.3 Å². The predicted octanol–water partition coefficient (Wildman–Crippen LogP) is 2.81. The van der Waals surface area contributed by atoms with Crippen LogP contribution < -0.4 is 4.74 Å². The van der Waals surface area contributed by atoms with E-state index in [1.54, 1.807) is 12.1 Å². The van der Waals surface area contributed by atoms with Crippen LogP contribution in [0.1, 0.15) is 16.1 Å². The second kappa shape index (κ2) is 5.24. The highest BCUT2D eigenvalue weighted by Crippen LogP contribution is 2.34. The van der Waals surface area contributed by atoms with Gasteiger partial charge in [0.1, 0.15) is 11.4 Å². The Kier molecular flexibility index (Phi) is 3.66. The van der Waals surface area contributed by atoms with Crippen LogP contribution in [-0.2, 0) is 0 Å². The summed E-state index contributed by atoms with van der Waals surface area (Å²) in [5.41, 5.74) is 1.43. The zero-order chi connectivity index (χ0) is 14.0. The Morgan fingerprint density at radius 1 is 1.32 bits per heavy atom. The van der Waals surface area contributed by atoms with Crippen molar-refractivity contribution >= 4 is 17.6 Å². The van der Waals surface area contributed by atoms with Gasteiger partial charge >= 0.3 is 5.97 Å². The van der Waals surface area contributed by atoms with Crippen molar-refractivity contribution in [2.75, 3.05) is 7.11 Å². The van der Waals surface area contributed by atoms with Gasteiger partial charge in [0.15, 0.2) is 5.69 Å². The fourth-order valence-electron chi connectivity index (χ4n) is 1.70. The number of nitrogens with zero attached hydrogens (tertiary/aromatic N) is 2. The van der Waals surface area contributed by atoms with Crippen LogP contribution >= 0.6 is 11.6 Å². The number of methoxy groups -OCH3 is 1. The van der Waals surface area contributed by atoms with Gasteiger partial charge in [-0.05, 0) is 24.6 Å². The highest BCUT2D eigenvalue weighted by Gasteiger charge is 2.18. The van der Waals surface area contributed by atoms with Crippen LogP contribution in [0.4, 0.5) is 0 Å². The monoisotopic (exact) mass is 278 g/mol. The van der Waals surface area contributed by atoms with E-state index >= 15 is 0 Å². The van der Waals surface area contributed by atoms with E-state index in [4.69, 9.17) is 21.4 Å². The maximum absolute atomic E-state index is 11.2. The summed E-state index contributed by atoms with van der Waals surface area (Å²) in [6, 6.07) is 3.37. The first-order valence-corrected chi connectivity index (χ1v) is 5.81. The van der Waals surface area contributed by atoms with E-state index < -0.39 is 5.97 Å². The molecule has 0 unspecified atom stereocenters. The van der Waals surface area contributed by atoms with Gasteiger partial charge in [0.25, 0.3) is 0 Å². The van der Waals surface area contributed by atoms with Gasteiger partial charge in [0.05, 0.1) is 7.11 Å². The Morgan fingerprint density at radius 2 is 2.00 bits per heavy atom. The minimum absolute atomic E-state index is 0.138. The van der Waals surface area contributed by atoms with Crippen LogP contribution in [0.15, 0.2) is 24.5 Å². The molecule has 19 heavy (non-hydrogen) atoms. The summed E-state index contributed by atoms with van der Waals surface area (Å²) in [5.74, 6) is -0.647. The number of hydrogen-bond acceptors (Lipinski definition) is 4. The Bertz CT molecular complexity index is 644. The molecular weight excluding hydrogens is 268 g/mol. The maximum Gasteiger partial charge on any atom is 0.356 e. The molecule has 0 fully saturated rings. The summed E-state index contributed by atoms with van der Waals surface area (Å²) in [6.45, 7) is 1.84. The van der Waals surface area contributed by atoms with Crippen molar-refractivity contribution in [1.29, 1.82) is 0 Å². The molecule has 1 heterocycles. The van der Waals surface area contributed by atoms with Crippen molar-refractivity contribution in [2.24, 2.45) is 0 Å². The molecule has 6 heteroatoms. The number of carboxylic acid groups (broad SMARTS) is 1. The number of aromatic nitrogens is 2. The third kappa shape index (κ3) is 2.51. The molecule has 0 amide bonds. The predicted molar refractivity (Wildman–Crippen MR) is 70.7 cm³/mol. The molecule has 1 aromatic heterocycles. The molecule has 0 spiro atoms. The number of ether oxygens (including phenoxy) is 1. The lowest BCUT2D eigenvalue weighted by atomic mass is 10.1. The second-order valence-corrected chi connectivity index (χ2v) is 4.27. The normalized spacial score (nSPS) is 10.3. The Labute approximate surface area is 114 Å². The van der Waals surface area contributed by atoms with E-state index in [1.807, 2.05) is 6.92 Å². The van der Waals surface area contributed by atoms with Crippen LogP contribution in [0.3, 0.4) is 0 Å². The average molecular weight is 279 g/mol. The van der Waals surface area contributed by atoms with Crippen molar-refractivity contribution in [1.82, 2.24) is 9.97 Å². The highest BCUT2D eigenvalue weighted by molar-refractivity contribution is 6.31. The number of carboxylic acids is 1. The van der Waals surface area contributed by atoms with Crippen molar-refractivity contribution in [3.05, 3.63) is 40.8 Å². The molecule has 2 aromatic rings. The van der Waals surface area contributed by atoms with E-state index in [-0.39, 0.29) is 11.4 Å². The van der Waals surface area contributed by atoms with Gasteiger partial charge in [-0.1, -0.05) is 11.6 Å². The molecule has 2 rings (SSSR count). The Balaban J connectivity index is 2.71. The molecule has 0 aliphatic rings. The van der Waals surface area contributed by atoms with Gasteiger partial charge in [0.2, 0.25) is 0 Å². The number of rotatable bonds is 3. The Morgan fingerprint density at radius 3 is 2.63 bits per heavy atom. The summed E-state index contributed by atoms with van der Waals surface area (Å²) in [4.78, 5) is 19.1. The van der Waals surface area contributed by atoms with Crippen molar-refractivity contribution in [2.45, 2.75) is 6.92 Å². The Hall–Kier alpha value is -2.14. The molecule has 98 valence electrons. The summed E-state index contributed by atoms with van der Waals surface area (Å²) in [7, 11) is 1.50. The average Bonchev–Trinajstić information content (AvgIpc) is 2.41. The number of halogens is 1. The van der Waals surface area contributed by atoms with Crippen molar-refractivity contribution in [3.8, 4) is 17.0 Å². The van der Waals surface area contributed by atoms with Crippen LogP contribution in [0.25, 0.3) is 11.3 Å². The maximum atomic E-state index is 11.2. The van der Waals surface area contributed by atoms with E-state index in [1.165, 1.54) is 19.5 Å². The first-order valence-electron chi connectivity index (χ1n) is 5.43. The van der Waals surface area contributed by atoms with E-state index in [2.05, 4.69) is 9.97 Å². The number of benzene rings is 1. The molecule has 0 bridgehead atoms. The number of hydrogen-bond donors (Lipinski definition) is 1. The minimum Gasteiger partial charge on any atom is -0.496 e. The third-order valence-electron chi connectivity index (χ3n) is 2.64. The standard InChI is InChI=1S/C13H11ClN2O3/c1-7-5-10(19-2)8(6-9(7)14)11-12(13(17)18)16-4-3-15-11/h3-6H,1-2H3,(H,17,18). The molecule has 0 saturated heterocycles. The summed E-state index contributed by atoms with van der Waals surface area (Å²) < 4.78 is 5.25. The van der Waals surface area contributed by atoms with Gasteiger partial charge in [0, 0.05) is 23.0 Å². The fraction of sp³-hybridized carbons (Fsp3) is 0.154. The molecule has 0 saturated carbocycles. The largest absolute Gasteiger partial charge is 0.496 e. The highest BCUT2D eigenvalue weighted by atomic mass is 35.5. The lowest BCUT2D eigenvalue weighted by Crippen LogP contribution is -2.05. The first-order chi connectivity index (χ1) is 9.04. The molecule has 1 N–H and O–H groups in total.